The number of carbonyl (C=O) groups is 1. The molecule has 1 amide bonds. The third-order valence-corrected chi connectivity index (χ3v) is 4.20. The van der Waals surface area contributed by atoms with Gasteiger partial charge < -0.3 is 4.90 Å². The second kappa shape index (κ2) is 5.65. The van der Waals surface area contributed by atoms with Crippen LogP contribution in [0.3, 0.4) is 0 Å². The fourth-order valence-corrected chi connectivity index (χ4v) is 3.14. The van der Waals surface area contributed by atoms with Crippen molar-refractivity contribution in [1.29, 1.82) is 0 Å². The molecule has 1 aromatic heterocycles. The highest BCUT2D eigenvalue weighted by molar-refractivity contribution is 5.97. The quantitative estimate of drug-likeness (QED) is 0.930. The standard InChI is InChI=1S/C16H21N3O/c1-2-5-14-6-3-4-9-19(14)16(20)12-7-8-13-11-17-18-15(13)10-12/h7-8,10-11,14H,2-6,9H2,1H3,(H,17,18). The van der Waals surface area contributed by atoms with E-state index in [9.17, 15) is 4.79 Å². The summed E-state index contributed by atoms with van der Waals surface area (Å²) in [5.41, 5.74) is 1.70. The Kier molecular flexibility index (Phi) is 3.72. The Labute approximate surface area is 119 Å². The molecular weight excluding hydrogens is 250 g/mol. The minimum absolute atomic E-state index is 0.166. The summed E-state index contributed by atoms with van der Waals surface area (Å²) in [7, 11) is 0. The number of nitrogens with one attached hydrogen (secondary N) is 1. The maximum Gasteiger partial charge on any atom is 0.254 e. The second-order valence-electron chi connectivity index (χ2n) is 5.61. The molecule has 1 saturated heterocycles. The van der Waals surface area contributed by atoms with Crippen molar-refractivity contribution in [3.8, 4) is 0 Å². The summed E-state index contributed by atoms with van der Waals surface area (Å²) in [6.45, 7) is 3.08. The fourth-order valence-electron chi connectivity index (χ4n) is 3.14. The van der Waals surface area contributed by atoms with Gasteiger partial charge in [0.05, 0.1) is 11.7 Å². The van der Waals surface area contributed by atoms with Crippen LogP contribution >= 0.6 is 0 Å². The van der Waals surface area contributed by atoms with Crippen molar-refractivity contribution in [3.05, 3.63) is 30.0 Å². The summed E-state index contributed by atoms with van der Waals surface area (Å²) in [5.74, 6) is 0.166. The average Bonchev–Trinajstić information content (AvgIpc) is 2.95. The van der Waals surface area contributed by atoms with E-state index in [1.807, 2.05) is 18.2 Å². The van der Waals surface area contributed by atoms with Crippen LogP contribution in [0.2, 0.25) is 0 Å². The van der Waals surface area contributed by atoms with Crippen molar-refractivity contribution in [2.24, 2.45) is 0 Å². The number of aromatic nitrogens is 2. The molecule has 106 valence electrons. The smallest absolute Gasteiger partial charge is 0.254 e. The van der Waals surface area contributed by atoms with Crippen molar-refractivity contribution in [2.75, 3.05) is 6.54 Å². The summed E-state index contributed by atoms with van der Waals surface area (Å²) >= 11 is 0. The Morgan fingerprint density at radius 1 is 1.45 bits per heavy atom. The summed E-state index contributed by atoms with van der Waals surface area (Å²) < 4.78 is 0. The summed E-state index contributed by atoms with van der Waals surface area (Å²) in [4.78, 5) is 14.8. The van der Waals surface area contributed by atoms with Crippen molar-refractivity contribution >= 4 is 16.8 Å². The van der Waals surface area contributed by atoms with E-state index in [0.29, 0.717) is 6.04 Å². The molecule has 0 saturated carbocycles. The molecule has 0 aliphatic carbocycles. The molecule has 20 heavy (non-hydrogen) atoms. The highest BCUT2D eigenvalue weighted by atomic mass is 16.2. The molecule has 1 aliphatic heterocycles. The number of aromatic amines is 1. The van der Waals surface area contributed by atoms with Gasteiger partial charge in [-0.25, -0.2) is 0 Å². The van der Waals surface area contributed by atoms with Crippen LogP contribution in [0.25, 0.3) is 10.9 Å². The topological polar surface area (TPSA) is 49.0 Å². The number of piperidine rings is 1. The number of benzene rings is 1. The van der Waals surface area contributed by atoms with E-state index in [4.69, 9.17) is 0 Å². The molecule has 0 radical (unpaired) electrons. The molecule has 1 fully saturated rings. The lowest BCUT2D eigenvalue weighted by atomic mass is 9.97. The van der Waals surface area contributed by atoms with Crippen molar-refractivity contribution in [3.63, 3.8) is 0 Å². The number of likely N-dealkylation sites (tertiary alicyclic amines) is 1. The maximum absolute atomic E-state index is 12.7. The first-order chi connectivity index (χ1) is 9.79. The van der Waals surface area contributed by atoms with Gasteiger partial charge in [-0.2, -0.15) is 5.10 Å². The molecule has 1 N–H and O–H groups in total. The van der Waals surface area contributed by atoms with Crippen LogP contribution in [0, 0.1) is 0 Å². The van der Waals surface area contributed by atoms with Gasteiger partial charge in [0.15, 0.2) is 0 Å². The van der Waals surface area contributed by atoms with Gasteiger partial charge in [0.25, 0.3) is 5.91 Å². The van der Waals surface area contributed by atoms with E-state index in [0.717, 1.165) is 48.7 Å². The van der Waals surface area contributed by atoms with Crippen molar-refractivity contribution < 1.29 is 4.79 Å². The molecule has 4 nitrogen and oxygen atoms in total. The molecule has 0 bridgehead atoms. The normalized spacial score (nSPS) is 19.4. The number of hydrogen-bond acceptors (Lipinski definition) is 2. The molecule has 1 atom stereocenters. The van der Waals surface area contributed by atoms with E-state index >= 15 is 0 Å². The molecule has 1 aliphatic rings. The van der Waals surface area contributed by atoms with E-state index in [2.05, 4.69) is 22.0 Å². The Bertz CT molecular complexity index is 603. The summed E-state index contributed by atoms with van der Waals surface area (Å²) in [5, 5.41) is 7.99. The SMILES string of the molecule is CCCC1CCCCN1C(=O)c1ccc2cn[nH]c2c1. The average molecular weight is 271 g/mol. The lowest BCUT2D eigenvalue weighted by Crippen LogP contribution is -2.43. The minimum atomic E-state index is 0.166. The number of nitrogens with zero attached hydrogens (tertiary/aromatic N) is 2. The number of carbonyl (C=O) groups excluding carboxylic acids is 1. The predicted octanol–water partition coefficient (Wildman–Crippen LogP) is 3.36. The van der Waals surface area contributed by atoms with Gasteiger partial charge in [0.1, 0.15) is 0 Å². The van der Waals surface area contributed by atoms with Crippen LogP contribution in [-0.2, 0) is 0 Å². The van der Waals surface area contributed by atoms with Crippen LogP contribution < -0.4 is 0 Å². The Balaban J connectivity index is 1.85. The largest absolute Gasteiger partial charge is 0.336 e. The number of hydrogen-bond donors (Lipinski definition) is 1. The van der Waals surface area contributed by atoms with Crippen LogP contribution in [-0.4, -0.2) is 33.6 Å². The molecular formula is C16H21N3O. The van der Waals surface area contributed by atoms with Gasteiger partial charge in [-0.05, 0) is 37.8 Å². The monoisotopic (exact) mass is 271 g/mol. The zero-order chi connectivity index (χ0) is 13.9. The maximum atomic E-state index is 12.7. The number of H-pyrrole nitrogens is 1. The third-order valence-electron chi connectivity index (χ3n) is 4.20. The molecule has 1 aromatic carbocycles. The van der Waals surface area contributed by atoms with Gasteiger partial charge in [-0.15, -0.1) is 0 Å². The van der Waals surface area contributed by atoms with Crippen LogP contribution in [0.15, 0.2) is 24.4 Å². The fraction of sp³-hybridized carbons (Fsp3) is 0.500. The zero-order valence-corrected chi connectivity index (χ0v) is 11.9. The Morgan fingerprint density at radius 3 is 3.20 bits per heavy atom. The van der Waals surface area contributed by atoms with Crippen LogP contribution in [0.1, 0.15) is 49.4 Å². The number of rotatable bonds is 3. The number of amides is 1. The highest BCUT2D eigenvalue weighted by Gasteiger charge is 2.26. The number of fused-ring (bicyclic) bond motifs is 1. The van der Waals surface area contributed by atoms with Gasteiger partial charge in [0, 0.05) is 23.5 Å². The summed E-state index contributed by atoms with van der Waals surface area (Å²) in [6, 6.07) is 6.21. The van der Waals surface area contributed by atoms with Crippen LogP contribution in [0.5, 0.6) is 0 Å². The Hall–Kier alpha value is -1.84. The van der Waals surface area contributed by atoms with Gasteiger partial charge in [-0.3, -0.25) is 9.89 Å². The molecule has 2 aromatic rings. The first kappa shape index (κ1) is 13.2. The Morgan fingerprint density at radius 2 is 2.35 bits per heavy atom. The lowest BCUT2D eigenvalue weighted by Gasteiger charge is -2.35. The van der Waals surface area contributed by atoms with E-state index < -0.39 is 0 Å². The molecule has 1 unspecified atom stereocenters. The van der Waals surface area contributed by atoms with E-state index in [1.165, 1.54) is 6.42 Å². The van der Waals surface area contributed by atoms with Crippen LogP contribution in [0.4, 0.5) is 0 Å². The van der Waals surface area contributed by atoms with E-state index in [1.54, 1.807) is 6.20 Å². The zero-order valence-electron chi connectivity index (χ0n) is 11.9. The molecule has 2 heterocycles. The lowest BCUT2D eigenvalue weighted by molar-refractivity contribution is 0.0601. The summed E-state index contributed by atoms with van der Waals surface area (Å²) in [6.07, 6.45) is 7.54. The van der Waals surface area contributed by atoms with E-state index in [-0.39, 0.29) is 5.91 Å². The first-order valence-corrected chi connectivity index (χ1v) is 7.53. The first-order valence-electron chi connectivity index (χ1n) is 7.53. The van der Waals surface area contributed by atoms with Gasteiger partial charge in [0.2, 0.25) is 0 Å². The van der Waals surface area contributed by atoms with Gasteiger partial charge >= 0.3 is 0 Å². The molecule has 4 heteroatoms. The third kappa shape index (κ3) is 2.42. The molecule has 0 spiro atoms. The highest BCUT2D eigenvalue weighted by Crippen LogP contribution is 2.24. The second-order valence-corrected chi connectivity index (χ2v) is 5.61. The van der Waals surface area contributed by atoms with Crippen molar-refractivity contribution in [2.45, 2.75) is 45.1 Å². The molecule has 3 rings (SSSR count). The minimum Gasteiger partial charge on any atom is -0.336 e. The van der Waals surface area contributed by atoms with Gasteiger partial charge in [-0.1, -0.05) is 19.4 Å². The van der Waals surface area contributed by atoms with Crippen molar-refractivity contribution in [1.82, 2.24) is 15.1 Å². The predicted molar refractivity (Wildman–Crippen MR) is 79.7 cm³/mol.